The monoisotopic (exact) mass is 434 g/mol. The van der Waals surface area contributed by atoms with Crippen LogP contribution in [0.3, 0.4) is 0 Å². The molecule has 1 aliphatic rings. The molecule has 0 aromatic carbocycles. The molecular formula is C17H19ClF2N3O2S2+. The maximum atomic E-state index is 12.9. The van der Waals surface area contributed by atoms with Crippen LogP contribution in [0.4, 0.5) is 13.8 Å². The largest absolute Gasteiger partial charge is 0.301 e. The number of halogens is 3. The number of carbonyl (C=O) groups excluding carboxylic acids is 1. The molecule has 1 aliphatic carbocycles. The summed E-state index contributed by atoms with van der Waals surface area (Å²) < 4.78 is 26.7. The fraction of sp³-hybridized carbons (Fsp3) is 0.471. The lowest BCUT2D eigenvalue weighted by molar-refractivity contribution is -0.904. The van der Waals surface area contributed by atoms with Gasteiger partial charge in [-0.05, 0) is 13.0 Å². The average Bonchev–Trinajstić information content (AvgIpc) is 3.04. The van der Waals surface area contributed by atoms with Gasteiger partial charge in [0.25, 0.3) is 5.92 Å². The third-order valence-corrected chi connectivity index (χ3v) is 6.83. The van der Waals surface area contributed by atoms with E-state index >= 15 is 0 Å². The molecule has 1 atom stereocenters. The predicted octanol–water partition coefficient (Wildman–Crippen LogP) is 4.12. The Hall–Kier alpha value is -1.45. The Kier molecular flexibility index (Phi) is 6.22. The number of hydrogen-bond acceptors (Lipinski definition) is 5. The van der Waals surface area contributed by atoms with E-state index in [0.29, 0.717) is 33.6 Å². The standard InChI is InChI=1S/C17H19ClF2N3O2S2/c1-2-23(13(24)5-7-26-10-12-8-17(12,19)20)16-14(18)21-15(27-16)11-4-3-6-22(25)9-11/h3-4,6,9,12,25H,2,5,7-8,10H2,1H3/q+1. The van der Waals surface area contributed by atoms with Gasteiger partial charge in [0.15, 0.2) is 5.15 Å². The van der Waals surface area contributed by atoms with Gasteiger partial charge in [0.1, 0.15) is 10.0 Å². The van der Waals surface area contributed by atoms with E-state index in [0.717, 1.165) is 4.73 Å². The minimum atomic E-state index is -2.51. The van der Waals surface area contributed by atoms with E-state index in [1.54, 1.807) is 17.0 Å². The van der Waals surface area contributed by atoms with Crippen molar-refractivity contribution in [2.45, 2.75) is 25.7 Å². The number of thioether (sulfide) groups is 1. The normalized spacial score (nSPS) is 17.7. The van der Waals surface area contributed by atoms with E-state index in [1.165, 1.54) is 35.5 Å². The number of rotatable bonds is 8. The van der Waals surface area contributed by atoms with Crippen LogP contribution in [0.25, 0.3) is 10.6 Å². The Balaban J connectivity index is 1.61. The van der Waals surface area contributed by atoms with Crippen LogP contribution >= 0.6 is 34.7 Å². The number of thiazole rings is 1. The van der Waals surface area contributed by atoms with Crippen LogP contribution in [0.15, 0.2) is 24.5 Å². The maximum absolute atomic E-state index is 12.9. The molecule has 2 heterocycles. The Morgan fingerprint density at radius 1 is 1.59 bits per heavy atom. The summed E-state index contributed by atoms with van der Waals surface area (Å²) in [6.07, 6.45) is 3.20. The highest BCUT2D eigenvalue weighted by Gasteiger charge is 2.56. The van der Waals surface area contributed by atoms with Crippen LogP contribution in [0.5, 0.6) is 0 Å². The lowest BCUT2D eigenvalue weighted by Crippen LogP contribution is -2.30. The second-order valence-corrected chi connectivity index (χ2v) is 8.70. The predicted molar refractivity (Wildman–Crippen MR) is 103 cm³/mol. The number of pyridine rings is 1. The molecule has 1 N–H and O–H groups in total. The fourth-order valence-corrected chi connectivity index (χ4v) is 5.09. The van der Waals surface area contributed by atoms with Gasteiger partial charge in [0.05, 0.1) is 5.56 Å². The van der Waals surface area contributed by atoms with E-state index in [4.69, 9.17) is 11.6 Å². The van der Waals surface area contributed by atoms with Crippen LogP contribution in [-0.2, 0) is 4.79 Å². The zero-order valence-electron chi connectivity index (χ0n) is 14.6. The first kappa shape index (κ1) is 20.3. The Labute approximate surface area is 168 Å². The fourth-order valence-electron chi connectivity index (χ4n) is 2.58. The van der Waals surface area contributed by atoms with Crippen molar-refractivity contribution in [1.29, 1.82) is 0 Å². The zero-order valence-corrected chi connectivity index (χ0v) is 17.0. The summed E-state index contributed by atoms with van der Waals surface area (Å²) in [5.41, 5.74) is 0.683. The third kappa shape index (κ3) is 4.89. The summed E-state index contributed by atoms with van der Waals surface area (Å²) in [6, 6.07) is 3.46. The first-order valence-corrected chi connectivity index (χ1v) is 10.8. The van der Waals surface area contributed by atoms with Crippen LogP contribution < -0.4 is 9.63 Å². The minimum Gasteiger partial charge on any atom is -0.301 e. The Morgan fingerprint density at radius 3 is 2.96 bits per heavy atom. The number of nitrogens with zero attached hydrogens (tertiary/aromatic N) is 3. The first-order chi connectivity index (χ1) is 12.8. The molecule has 27 heavy (non-hydrogen) atoms. The number of alkyl halides is 2. The van der Waals surface area contributed by atoms with Gasteiger partial charge < -0.3 is 4.90 Å². The molecule has 5 nitrogen and oxygen atoms in total. The molecule has 0 aliphatic heterocycles. The van der Waals surface area contributed by atoms with Gasteiger partial charge in [-0.1, -0.05) is 22.9 Å². The summed E-state index contributed by atoms with van der Waals surface area (Å²) in [4.78, 5) is 18.4. The quantitative estimate of drug-likeness (QED) is 0.386. The lowest BCUT2D eigenvalue weighted by atomic mass is 10.3. The van der Waals surface area contributed by atoms with Crippen molar-refractivity contribution in [3.63, 3.8) is 0 Å². The van der Waals surface area contributed by atoms with Crippen LogP contribution in [-0.4, -0.2) is 40.1 Å². The number of anilines is 1. The van der Waals surface area contributed by atoms with E-state index in [9.17, 15) is 18.8 Å². The summed E-state index contributed by atoms with van der Waals surface area (Å²) in [7, 11) is 0. The van der Waals surface area contributed by atoms with E-state index in [2.05, 4.69) is 4.98 Å². The van der Waals surface area contributed by atoms with Crippen LogP contribution in [0, 0.1) is 5.92 Å². The molecule has 1 saturated carbocycles. The zero-order chi connectivity index (χ0) is 19.6. The van der Waals surface area contributed by atoms with Gasteiger partial charge in [0.2, 0.25) is 18.3 Å². The second kappa shape index (κ2) is 8.28. The molecule has 0 spiro atoms. The van der Waals surface area contributed by atoms with Gasteiger partial charge in [-0.2, -0.15) is 11.8 Å². The average molecular weight is 435 g/mol. The topological polar surface area (TPSA) is 57.3 Å². The molecule has 0 saturated heterocycles. The van der Waals surface area contributed by atoms with Gasteiger partial charge in [-0.25, -0.2) is 13.8 Å². The Morgan fingerprint density at radius 2 is 2.33 bits per heavy atom. The molecule has 1 unspecified atom stereocenters. The molecule has 2 aromatic heterocycles. The molecule has 3 rings (SSSR count). The van der Waals surface area contributed by atoms with Crippen molar-refractivity contribution < 1.29 is 23.5 Å². The number of aromatic nitrogens is 2. The molecule has 0 bridgehead atoms. The van der Waals surface area contributed by atoms with Crippen LogP contribution in [0.1, 0.15) is 19.8 Å². The van der Waals surface area contributed by atoms with Crippen molar-refractivity contribution in [2.75, 3.05) is 23.0 Å². The highest BCUT2D eigenvalue weighted by atomic mass is 35.5. The molecule has 1 fully saturated rings. The van der Waals surface area contributed by atoms with Crippen LogP contribution in [0.2, 0.25) is 5.15 Å². The van der Waals surface area contributed by atoms with Crippen molar-refractivity contribution >= 4 is 45.6 Å². The SMILES string of the molecule is CCN(C(=O)CCSCC1CC1(F)F)c1sc(-c2ccc[n+](O)c2)nc1Cl. The molecule has 2 aromatic rings. The van der Waals surface area contributed by atoms with E-state index in [1.807, 2.05) is 6.92 Å². The number of carbonyl (C=O) groups is 1. The van der Waals surface area contributed by atoms with Crippen molar-refractivity contribution in [2.24, 2.45) is 5.92 Å². The number of amides is 1. The van der Waals surface area contributed by atoms with Gasteiger partial charge >= 0.3 is 0 Å². The molecule has 146 valence electrons. The lowest BCUT2D eigenvalue weighted by Gasteiger charge is -2.18. The molecular weight excluding hydrogens is 416 g/mol. The first-order valence-electron chi connectivity index (χ1n) is 8.45. The third-order valence-electron chi connectivity index (χ3n) is 4.20. The summed E-state index contributed by atoms with van der Waals surface area (Å²) in [5.74, 6) is -2.29. The highest BCUT2D eigenvalue weighted by molar-refractivity contribution is 7.99. The maximum Gasteiger partial charge on any atom is 0.252 e. The summed E-state index contributed by atoms with van der Waals surface area (Å²) >= 11 is 8.89. The van der Waals surface area contributed by atoms with E-state index in [-0.39, 0.29) is 23.9 Å². The smallest absolute Gasteiger partial charge is 0.252 e. The minimum absolute atomic E-state index is 0.0401. The number of hydrogen-bond donors (Lipinski definition) is 1. The molecule has 0 radical (unpaired) electrons. The van der Waals surface area contributed by atoms with E-state index < -0.39 is 11.8 Å². The van der Waals surface area contributed by atoms with Gasteiger partial charge in [-0.15, -0.1) is 0 Å². The highest BCUT2D eigenvalue weighted by Crippen LogP contribution is 2.50. The summed E-state index contributed by atoms with van der Waals surface area (Å²) in [6.45, 7) is 2.27. The Bertz CT molecular complexity index is 834. The second-order valence-electron chi connectivity index (χ2n) is 6.21. The van der Waals surface area contributed by atoms with Crippen molar-refractivity contribution in [1.82, 2.24) is 4.98 Å². The van der Waals surface area contributed by atoms with Crippen molar-refractivity contribution in [3.05, 3.63) is 29.7 Å². The molecule has 10 heteroatoms. The summed E-state index contributed by atoms with van der Waals surface area (Å²) in [5, 5.41) is 10.9. The van der Waals surface area contributed by atoms with Gasteiger partial charge in [-0.3, -0.25) is 10.0 Å². The van der Waals surface area contributed by atoms with Gasteiger partial charge in [0, 0.05) is 47.6 Å². The molecule has 1 amide bonds. The van der Waals surface area contributed by atoms with Crippen molar-refractivity contribution in [3.8, 4) is 10.6 Å².